The van der Waals surface area contributed by atoms with Crippen molar-refractivity contribution in [2.24, 2.45) is 0 Å². The van der Waals surface area contributed by atoms with Crippen molar-refractivity contribution in [3.8, 4) is 11.1 Å². The minimum absolute atomic E-state index is 0.154. The molecule has 0 aliphatic carbocycles. The molecule has 0 radical (unpaired) electrons. The molecule has 0 aliphatic heterocycles. The van der Waals surface area contributed by atoms with Gasteiger partial charge in [0.15, 0.2) is 0 Å². The lowest BCUT2D eigenvalue weighted by atomic mass is 10.2. The molecule has 2 rings (SSSR count). The zero-order valence-electron chi connectivity index (χ0n) is 9.60. The summed E-state index contributed by atoms with van der Waals surface area (Å²) in [5.74, 6) is 0.701. The van der Waals surface area contributed by atoms with Crippen molar-refractivity contribution >= 4 is 11.7 Å². The van der Waals surface area contributed by atoms with Gasteiger partial charge in [-0.05, 0) is 13.0 Å². The molecule has 0 amide bonds. The van der Waals surface area contributed by atoms with Crippen molar-refractivity contribution in [2.45, 2.75) is 13.3 Å². The number of hydrogen-bond acceptors (Lipinski definition) is 4. The zero-order chi connectivity index (χ0) is 12.1. The molecular weight excluding hydrogens is 216 g/mol. The average Bonchev–Trinajstić information content (AvgIpc) is 2.83. The molecule has 0 unspecified atom stereocenters. The fourth-order valence-corrected chi connectivity index (χ4v) is 1.42. The highest BCUT2D eigenvalue weighted by atomic mass is 16.1. The summed E-state index contributed by atoms with van der Waals surface area (Å²) in [6, 6.07) is 1.96. The first-order valence-electron chi connectivity index (χ1n) is 5.44. The largest absolute Gasteiger partial charge is 0.367 e. The molecule has 0 saturated carbocycles. The topological polar surface area (TPSA) is 70.7 Å². The van der Waals surface area contributed by atoms with Crippen molar-refractivity contribution < 1.29 is 4.79 Å². The maximum absolute atomic E-state index is 10.8. The second-order valence-electron chi connectivity index (χ2n) is 3.77. The number of Topliss-reactive ketones (excluding diaryl/α,β-unsaturated/α-hetero) is 1. The average molecular weight is 230 g/mol. The van der Waals surface area contributed by atoms with Crippen LogP contribution in [-0.4, -0.2) is 27.3 Å². The van der Waals surface area contributed by atoms with E-state index in [0.717, 1.165) is 11.1 Å². The molecule has 0 aliphatic rings. The van der Waals surface area contributed by atoms with E-state index in [1.807, 2.05) is 18.5 Å². The molecule has 2 aromatic rings. The van der Waals surface area contributed by atoms with Crippen LogP contribution in [0, 0.1) is 0 Å². The van der Waals surface area contributed by atoms with Crippen molar-refractivity contribution in [1.29, 1.82) is 0 Å². The van der Waals surface area contributed by atoms with Gasteiger partial charge >= 0.3 is 0 Å². The van der Waals surface area contributed by atoms with E-state index in [-0.39, 0.29) is 5.78 Å². The molecule has 2 aromatic heterocycles. The molecule has 5 heteroatoms. The highest BCUT2D eigenvalue weighted by Crippen LogP contribution is 2.16. The number of H-pyrrole nitrogens is 1. The number of anilines is 1. The third-order valence-corrected chi connectivity index (χ3v) is 2.34. The summed E-state index contributed by atoms with van der Waals surface area (Å²) in [7, 11) is 0. The Labute approximate surface area is 99.3 Å². The van der Waals surface area contributed by atoms with Gasteiger partial charge in [0, 0.05) is 48.9 Å². The van der Waals surface area contributed by atoms with Gasteiger partial charge in [-0.25, -0.2) is 9.97 Å². The molecule has 0 fully saturated rings. The first-order chi connectivity index (χ1) is 8.25. The predicted octanol–water partition coefficient (Wildman–Crippen LogP) is 1.86. The zero-order valence-corrected chi connectivity index (χ0v) is 9.60. The number of carbonyl (C=O) groups is 1. The molecule has 0 spiro atoms. The maximum Gasteiger partial charge on any atom is 0.222 e. The Morgan fingerprint density at radius 2 is 2.12 bits per heavy atom. The summed E-state index contributed by atoms with van der Waals surface area (Å²) in [5.41, 5.74) is 2.02. The van der Waals surface area contributed by atoms with Gasteiger partial charge in [-0.1, -0.05) is 0 Å². The molecular formula is C12H14N4O. The normalized spacial score (nSPS) is 10.2. The van der Waals surface area contributed by atoms with Gasteiger partial charge in [0.1, 0.15) is 5.78 Å². The lowest BCUT2D eigenvalue weighted by Gasteiger charge is -2.03. The molecule has 0 bridgehead atoms. The van der Waals surface area contributed by atoms with Crippen LogP contribution in [0.25, 0.3) is 11.1 Å². The van der Waals surface area contributed by atoms with E-state index < -0.39 is 0 Å². The van der Waals surface area contributed by atoms with Crippen LogP contribution in [-0.2, 0) is 4.79 Å². The van der Waals surface area contributed by atoms with Gasteiger partial charge in [-0.15, -0.1) is 0 Å². The van der Waals surface area contributed by atoms with E-state index >= 15 is 0 Å². The summed E-state index contributed by atoms with van der Waals surface area (Å²) in [6.07, 6.45) is 7.75. The fourth-order valence-electron chi connectivity index (χ4n) is 1.42. The Morgan fingerprint density at radius 3 is 2.71 bits per heavy atom. The van der Waals surface area contributed by atoms with E-state index in [0.29, 0.717) is 18.9 Å². The fraction of sp³-hybridized carbons (Fsp3) is 0.250. The summed E-state index contributed by atoms with van der Waals surface area (Å²) in [6.45, 7) is 2.14. The summed E-state index contributed by atoms with van der Waals surface area (Å²) in [5, 5.41) is 3.00. The molecule has 88 valence electrons. The summed E-state index contributed by atoms with van der Waals surface area (Å²) in [4.78, 5) is 22.1. The Hall–Kier alpha value is -2.17. The number of rotatable bonds is 5. The molecule has 17 heavy (non-hydrogen) atoms. The van der Waals surface area contributed by atoms with Gasteiger partial charge in [0.2, 0.25) is 5.95 Å². The number of nitrogens with zero attached hydrogens (tertiary/aromatic N) is 2. The number of aromatic nitrogens is 3. The van der Waals surface area contributed by atoms with Crippen LogP contribution in [0.5, 0.6) is 0 Å². The van der Waals surface area contributed by atoms with Crippen LogP contribution in [0.2, 0.25) is 0 Å². The Bertz CT molecular complexity index is 476. The van der Waals surface area contributed by atoms with Gasteiger partial charge < -0.3 is 10.3 Å². The van der Waals surface area contributed by atoms with Crippen LogP contribution in [0.15, 0.2) is 30.9 Å². The second kappa shape index (κ2) is 5.25. The minimum Gasteiger partial charge on any atom is -0.367 e. The Morgan fingerprint density at radius 1 is 1.35 bits per heavy atom. The number of carbonyl (C=O) groups excluding carboxylic acids is 1. The predicted molar refractivity (Wildman–Crippen MR) is 65.6 cm³/mol. The summed E-state index contributed by atoms with van der Waals surface area (Å²) >= 11 is 0. The van der Waals surface area contributed by atoms with Crippen LogP contribution in [0.1, 0.15) is 13.3 Å². The second-order valence-corrected chi connectivity index (χ2v) is 3.77. The van der Waals surface area contributed by atoms with Gasteiger partial charge in [-0.3, -0.25) is 4.79 Å². The molecule has 0 saturated heterocycles. The van der Waals surface area contributed by atoms with Crippen LogP contribution >= 0.6 is 0 Å². The summed E-state index contributed by atoms with van der Waals surface area (Å²) < 4.78 is 0. The van der Waals surface area contributed by atoms with Crippen molar-refractivity contribution in [3.63, 3.8) is 0 Å². The quantitative estimate of drug-likeness (QED) is 0.822. The highest BCUT2D eigenvalue weighted by molar-refractivity contribution is 5.75. The number of ketones is 1. The van der Waals surface area contributed by atoms with Gasteiger partial charge in [0.25, 0.3) is 0 Å². The third kappa shape index (κ3) is 3.14. The molecule has 2 N–H and O–H groups in total. The van der Waals surface area contributed by atoms with E-state index in [4.69, 9.17) is 0 Å². The Balaban J connectivity index is 1.96. The van der Waals surface area contributed by atoms with Gasteiger partial charge in [0.05, 0.1) is 0 Å². The number of aromatic amines is 1. The van der Waals surface area contributed by atoms with Crippen molar-refractivity contribution in [2.75, 3.05) is 11.9 Å². The van der Waals surface area contributed by atoms with Gasteiger partial charge in [-0.2, -0.15) is 0 Å². The highest BCUT2D eigenvalue weighted by Gasteiger charge is 2.00. The number of nitrogens with one attached hydrogen (secondary N) is 2. The molecule has 0 aromatic carbocycles. The molecule has 5 nitrogen and oxygen atoms in total. The minimum atomic E-state index is 0.154. The van der Waals surface area contributed by atoms with Crippen molar-refractivity contribution in [3.05, 3.63) is 30.9 Å². The lowest BCUT2D eigenvalue weighted by Crippen LogP contribution is -2.08. The molecule has 0 atom stereocenters. The van der Waals surface area contributed by atoms with Crippen LogP contribution < -0.4 is 5.32 Å². The SMILES string of the molecule is CC(=O)CCNc1ncc(-c2cc[nH]c2)cn1. The van der Waals surface area contributed by atoms with E-state index in [2.05, 4.69) is 20.3 Å². The first kappa shape index (κ1) is 11.3. The number of hydrogen-bond donors (Lipinski definition) is 2. The first-order valence-corrected chi connectivity index (χ1v) is 5.44. The maximum atomic E-state index is 10.8. The van der Waals surface area contributed by atoms with Crippen LogP contribution in [0.3, 0.4) is 0 Å². The van der Waals surface area contributed by atoms with E-state index in [9.17, 15) is 4.79 Å². The van der Waals surface area contributed by atoms with E-state index in [1.54, 1.807) is 19.3 Å². The Kier molecular flexibility index (Phi) is 3.49. The van der Waals surface area contributed by atoms with Crippen molar-refractivity contribution in [1.82, 2.24) is 15.0 Å². The monoisotopic (exact) mass is 230 g/mol. The van der Waals surface area contributed by atoms with E-state index in [1.165, 1.54) is 0 Å². The smallest absolute Gasteiger partial charge is 0.222 e. The molecule has 2 heterocycles. The standard InChI is InChI=1S/C12H14N4O/c1-9(17)2-5-14-12-15-7-11(8-16-12)10-3-4-13-6-10/h3-4,6-8,13H,2,5H2,1H3,(H,14,15,16). The van der Waals surface area contributed by atoms with Crippen LogP contribution in [0.4, 0.5) is 5.95 Å². The third-order valence-electron chi connectivity index (χ3n) is 2.34. The lowest BCUT2D eigenvalue weighted by molar-refractivity contribution is -0.116.